The van der Waals surface area contributed by atoms with Crippen LogP contribution < -0.4 is 24.6 Å². The molecule has 0 saturated carbocycles. The van der Waals surface area contributed by atoms with Crippen LogP contribution in [-0.2, 0) is 10.0 Å². The summed E-state index contributed by atoms with van der Waals surface area (Å²) in [5.74, 6) is 1.69. The van der Waals surface area contributed by atoms with Crippen LogP contribution in [0.3, 0.4) is 0 Å². The second-order valence-electron chi connectivity index (χ2n) is 13.4. The molecule has 0 radical (unpaired) electrons. The number of rotatable bonds is 13. The van der Waals surface area contributed by atoms with Crippen LogP contribution in [0, 0.1) is 0 Å². The van der Waals surface area contributed by atoms with Crippen molar-refractivity contribution in [3.05, 3.63) is 48.2 Å². The molecule has 3 heterocycles. The third-order valence-corrected chi connectivity index (χ3v) is 10.9. The van der Waals surface area contributed by atoms with Gasteiger partial charge in [0.1, 0.15) is 22.9 Å². The minimum Gasteiger partial charge on any atom is -0.494 e. The lowest BCUT2D eigenvalue weighted by Crippen LogP contribution is -2.52. The monoisotopic (exact) mass is 716 g/mol. The van der Waals surface area contributed by atoms with Crippen molar-refractivity contribution in [2.45, 2.75) is 45.6 Å². The molecule has 0 atom stereocenters. The maximum atomic E-state index is 12.8. The van der Waals surface area contributed by atoms with E-state index in [0.717, 1.165) is 68.4 Å². The number of sulfonamides is 1. The third-order valence-electron chi connectivity index (χ3n) is 9.74. The Morgan fingerprint density at radius 2 is 1.78 bits per heavy atom. The van der Waals surface area contributed by atoms with Crippen molar-refractivity contribution in [3.8, 4) is 5.75 Å². The number of aliphatic imine (C=N–C) groups is 2. The number of methoxy groups -OCH3 is 1. The molecule has 13 nitrogen and oxygen atoms in total. The van der Waals surface area contributed by atoms with Gasteiger partial charge in [-0.3, -0.25) is 19.2 Å². The van der Waals surface area contributed by atoms with Gasteiger partial charge in [0.05, 0.1) is 30.4 Å². The molecule has 2 aromatic carbocycles. The molecule has 0 spiro atoms. The van der Waals surface area contributed by atoms with Gasteiger partial charge in [-0.15, -0.1) is 0 Å². The molecule has 3 aromatic rings. The average Bonchev–Trinajstić information content (AvgIpc) is 3.11. The van der Waals surface area contributed by atoms with Gasteiger partial charge in [-0.1, -0.05) is 26.5 Å². The molecule has 0 bridgehead atoms. The lowest BCUT2D eigenvalue weighted by molar-refractivity contribution is 0.0982. The van der Waals surface area contributed by atoms with E-state index >= 15 is 0 Å². The van der Waals surface area contributed by atoms with Crippen molar-refractivity contribution >= 4 is 74.9 Å². The number of likely N-dealkylation sites (N-methyl/N-ethyl adjacent to an activating group) is 1. The molecule has 2 fully saturated rings. The van der Waals surface area contributed by atoms with Crippen LogP contribution in [0.2, 0.25) is 0 Å². The van der Waals surface area contributed by atoms with Crippen LogP contribution in [0.1, 0.15) is 50.7 Å². The number of nitrogens with zero attached hydrogens (tertiary/aromatic N) is 8. The molecule has 2 N–H and O–H groups in total. The fourth-order valence-corrected chi connectivity index (χ4v) is 7.25. The molecule has 14 heteroatoms. The van der Waals surface area contributed by atoms with E-state index in [4.69, 9.17) is 9.72 Å². The van der Waals surface area contributed by atoms with Gasteiger partial charge in [-0.05, 0) is 63.2 Å². The number of benzene rings is 2. The van der Waals surface area contributed by atoms with Crippen molar-refractivity contribution < 1.29 is 13.2 Å². The Hall–Kier alpha value is -4.53. The highest BCUT2D eigenvalue weighted by molar-refractivity contribution is 7.92. The van der Waals surface area contributed by atoms with E-state index in [1.807, 2.05) is 0 Å². The van der Waals surface area contributed by atoms with Crippen molar-refractivity contribution in [1.29, 1.82) is 0 Å². The van der Waals surface area contributed by atoms with Crippen LogP contribution >= 0.6 is 0 Å². The maximum Gasteiger partial charge on any atom is 0.232 e. The summed E-state index contributed by atoms with van der Waals surface area (Å²) in [6, 6.07) is 8.34. The fraction of sp³-hybridized carbons (Fsp3) is 0.459. The Bertz CT molecular complexity index is 1860. The smallest absolute Gasteiger partial charge is 0.232 e. The van der Waals surface area contributed by atoms with E-state index in [-0.39, 0.29) is 5.92 Å². The van der Waals surface area contributed by atoms with Gasteiger partial charge < -0.3 is 25.2 Å². The second-order valence-corrected chi connectivity index (χ2v) is 15.4. The summed E-state index contributed by atoms with van der Waals surface area (Å²) < 4.78 is 32.6. The SMILES string of the molecule is C=Cc1cnc(Nc2cc(C(C)C)c(N3CCC(N4CCN(C)CC4)CC3)cc2OC)nc1Nc1ccc(N=C)c(/N=C/C)c1N(C)S(C)(=O)=O. The average molecular weight is 717 g/mol. The molecule has 2 aliphatic rings. The highest BCUT2D eigenvalue weighted by Gasteiger charge is 2.29. The normalized spacial score (nSPS) is 16.4. The minimum absolute atomic E-state index is 0.265. The number of aromatic nitrogens is 2. The van der Waals surface area contributed by atoms with Crippen LogP contribution in [0.25, 0.3) is 6.08 Å². The largest absolute Gasteiger partial charge is 0.494 e. The van der Waals surface area contributed by atoms with Gasteiger partial charge in [0.15, 0.2) is 0 Å². The van der Waals surface area contributed by atoms with Gasteiger partial charge >= 0.3 is 0 Å². The molecule has 51 heavy (non-hydrogen) atoms. The number of hydrogen-bond donors (Lipinski definition) is 2. The Labute approximate surface area is 303 Å². The highest BCUT2D eigenvalue weighted by atomic mass is 32.2. The third kappa shape index (κ3) is 8.51. The van der Waals surface area contributed by atoms with E-state index < -0.39 is 10.0 Å². The first-order valence-electron chi connectivity index (χ1n) is 17.4. The van der Waals surface area contributed by atoms with Crippen LogP contribution in [0.4, 0.5) is 45.9 Å². The van der Waals surface area contributed by atoms with Crippen molar-refractivity contribution in [2.24, 2.45) is 9.98 Å². The summed E-state index contributed by atoms with van der Waals surface area (Å²) in [6.45, 7) is 20.3. The standard InChI is InChI=1S/C37H52N10O3S/c1-10-26-24-40-37(43-36(26)41-30-13-12-29(38-5)34(39-11-2)35(30)45(7)51(9,48)49)42-31-22-28(25(3)4)32(23-33(31)50-8)47-16-14-27(15-17-47)46-20-18-44(6)19-21-46/h10-13,22-25,27H,1,5,14-21H2,2-4,6-9H3,(H2,40,41,42,43)/b39-11+. The van der Waals surface area contributed by atoms with Gasteiger partial charge in [0, 0.05) is 82.1 Å². The number of piperidine rings is 1. The number of nitrogens with one attached hydrogen (secondary N) is 2. The second kappa shape index (κ2) is 16.2. The first-order valence-corrected chi connectivity index (χ1v) is 19.2. The quantitative estimate of drug-likeness (QED) is 0.192. The number of piperazine rings is 1. The van der Waals surface area contributed by atoms with E-state index in [1.165, 1.54) is 18.3 Å². The molecule has 1 aromatic heterocycles. The molecule has 0 unspecified atom stereocenters. The summed E-state index contributed by atoms with van der Waals surface area (Å²) in [7, 11) is 1.68. The van der Waals surface area contributed by atoms with Gasteiger partial charge in [0.2, 0.25) is 16.0 Å². The number of hydrogen-bond acceptors (Lipinski definition) is 12. The number of ether oxygens (including phenoxy) is 1. The van der Waals surface area contributed by atoms with Gasteiger partial charge in [-0.2, -0.15) is 4.98 Å². The molecule has 5 rings (SSSR count). The Balaban J connectivity index is 1.45. The molecular weight excluding hydrogens is 665 g/mol. The van der Waals surface area contributed by atoms with Crippen molar-refractivity contribution in [3.63, 3.8) is 0 Å². The zero-order valence-electron chi connectivity index (χ0n) is 31.0. The molecule has 0 amide bonds. The van der Waals surface area contributed by atoms with Crippen molar-refractivity contribution in [1.82, 2.24) is 19.8 Å². The van der Waals surface area contributed by atoms with Crippen LogP contribution in [0.5, 0.6) is 5.75 Å². The van der Waals surface area contributed by atoms with E-state index in [2.05, 4.69) is 86.6 Å². The zero-order chi connectivity index (χ0) is 36.9. The summed E-state index contributed by atoms with van der Waals surface area (Å²) in [4.78, 5) is 25.5. The maximum absolute atomic E-state index is 12.8. The molecule has 0 aliphatic carbocycles. The summed E-state index contributed by atoms with van der Waals surface area (Å²) in [5, 5.41) is 6.70. The van der Waals surface area contributed by atoms with Gasteiger partial charge in [0.25, 0.3) is 0 Å². The number of anilines is 6. The first-order chi connectivity index (χ1) is 24.4. The zero-order valence-corrected chi connectivity index (χ0v) is 31.8. The molecule has 274 valence electrons. The Kier molecular flexibility index (Phi) is 12.0. The minimum atomic E-state index is -3.67. The fourth-order valence-electron chi connectivity index (χ4n) is 6.73. The van der Waals surface area contributed by atoms with E-state index in [1.54, 1.807) is 44.7 Å². The van der Waals surface area contributed by atoms with Crippen LogP contribution in [0.15, 0.2) is 47.0 Å². The van der Waals surface area contributed by atoms with Gasteiger partial charge in [-0.25, -0.2) is 13.4 Å². The van der Waals surface area contributed by atoms with E-state index in [9.17, 15) is 8.42 Å². The van der Waals surface area contributed by atoms with E-state index in [0.29, 0.717) is 51.9 Å². The lowest BCUT2D eigenvalue weighted by atomic mass is 9.96. The highest BCUT2D eigenvalue weighted by Crippen LogP contribution is 2.45. The topological polar surface area (TPSA) is 131 Å². The summed E-state index contributed by atoms with van der Waals surface area (Å²) in [6.07, 6.45) is 8.29. The first kappa shape index (κ1) is 37.7. The molecule has 2 aliphatic heterocycles. The van der Waals surface area contributed by atoms with Crippen molar-refractivity contribution in [2.75, 3.05) is 86.6 Å². The van der Waals surface area contributed by atoms with Crippen LogP contribution in [-0.4, -0.2) is 114 Å². The summed E-state index contributed by atoms with van der Waals surface area (Å²) >= 11 is 0. The Morgan fingerprint density at radius 1 is 1.08 bits per heavy atom. The predicted molar refractivity (Wildman–Crippen MR) is 213 cm³/mol. The lowest BCUT2D eigenvalue weighted by Gasteiger charge is -2.43. The summed E-state index contributed by atoms with van der Waals surface area (Å²) in [5.41, 5.74) is 5.31. The molecule has 2 saturated heterocycles. The Morgan fingerprint density at radius 3 is 2.37 bits per heavy atom. The predicted octanol–water partition coefficient (Wildman–Crippen LogP) is 6.41. The molecular formula is C37H52N10O3S.